The van der Waals surface area contributed by atoms with E-state index in [9.17, 15) is 4.39 Å². The summed E-state index contributed by atoms with van der Waals surface area (Å²) < 4.78 is 22.0. The summed E-state index contributed by atoms with van der Waals surface area (Å²) in [7, 11) is 0. The standard InChI is InChI=1S/C6H5F.C4H7BrO2.C2H6/c7-6-4-2-1-3-5-6;5-3-4-6-1-2-7-4;1-2/h1-5H;4H,1-3H2;1-2H3. The van der Waals surface area contributed by atoms with Gasteiger partial charge in [-0.2, -0.15) is 0 Å². The van der Waals surface area contributed by atoms with E-state index in [1.54, 1.807) is 18.2 Å². The molecule has 0 aromatic heterocycles. The van der Waals surface area contributed by atoms with Gasteiger partial charge in [-0.15, -0.1) is 0 Å². The van der Waals surface area contributed by atoms with Gasteiger partial charge in [-0.05, 0) is 12.1 Å². The quantitative estimate of drug-likeness (QED) is 0.736. The molecule has 1 heterocycles. The molecule has 0 unspecified atom stereocenters. The van der Waals surface area contributed by atoms with E-state index in [0.29, 0.717) is 0 Å². The van der Waals surface area contributed by atoms with Gasteiger partial charge in [-0.25, -0.2) is 4.39 Å². The van der Waals surface area contributed by atoms with Crippen LogP contribution in [0, 0.1) is 5.82 Å². The lowest BCUT2D eigenvalue weighted by molar-refractivity contribution is -0.0205. The Morgan fingerprint density at radius 1 is 1.19 bits per heavy atom. The number of alkyl halides is 1. The van der Waals surface area contributed by atoms with Gasteiger partial charge in [0.15, 0.2) is 6.29 Å². The first-order chi connectivity index (χ1) is 7.83. The Hall–Kier alpha value is -0.450. The molecular weight excluding hydrogens is 275 g/mol. The molecule has 0 N–H and O–H groups in total. The third kappa shape index (κ3) is 7.79. The zero-order valence-corrected chi connectivity index (χ0v) is 11.2. The molecule has 4 heteroatoms. The van der Waals surface area contributed by atoms with E-state index in [1.165, 1.54) is 12.1 Å². The van der Waals surface area contributed by atoms with E-state index >= 15 is 0 Å². The average Bonchev–Trinajstić information content (AvgIpc) is 2.86. The predicted molar refractivity (Wildman–Crippen MR) is 67.2 cm³/mol. The van der Waals surface area contributed by atoms with Crippen LogP contribution in [-0.2, 0) is 9.47 Å². The van der Waals surface area contributed by atoms with Gasteiger partial charge in [-0.3, -0.25) is 0 Å². The third-order valence-corrected chi connectivity index (χ3v) is 2.08. The van der Waals surface area contributed by atoms with Crippen LogP contribution in [0.2, 0.25) is 0 Å². The van der Waals surface area contributed by atoms with Crippen LogP contribution in [0.25, 0.3) is 0 Å². The van der Waals surface area contributed by atoms with Crippen LogP contribution in [0.15, 0.2) is 30.3 Å². The molecule has 1 aliphatic heterocycles. The first kappa shape index (κ1) is 15.6. The fourth-order valence-corrected chi connectivity index (χ4v) is 1.28. The van der Waals surface area contributed by atoms with Crippen molar-refractivity contribution in [2.75, 3.05) is 18.5 Å². The van der Waals surface area contributed by atoms with Gasteiger partial charge in [-0.1, -0.05) is 48.0 Å². The number of ether oxygens (including phenoxy) is 2. The van der Waals surface area contributed by atoms with Crippen LogP contribution in [0.4, 0.5) is 4.39 Å². The van der Waals surface area contributed by atoms with Crippen LogP contribution in [-0.4, -0.2) is 24.8 Å². The summed E-state index contributed by atoms with van der Waals surface area (Å²) in [4.78, 5) is 0. The highest BCUT2D eigenvalue weighted by Crippen LogP contribution is 2.04. The summed E-state index contributed by atoms with van der Waals surface area (Å²) in [5.74, 6) is -0.178. The summed E-state index contributed by atoms with van der Waals surface area (Å²) in [5, 5.41) is 0.785. The lowest BCUT2D eigenvalue weighted by Gasteiger charge is -2.00. The second-order valence-electron chi connectivity index (χ2n) is 2.62. The number of hydrogen-bond donors (Lipinski definition) is 0. The van der Waals surface area contributed by atoms with E-state index < -0.39 is 0 Å². The highest BCUT2D eigenvalue weighted by molar-refractivity contribution is 9.09. The highest BCUT2D eigenvalue weighted by Gasteiger charge is 2.12. The maximum atomic E-state index is 11.9. The van der Waals surface area contributed by atoms with E-state index in [-0.39, 0.29) is 12.1 Å². The van der Waals surface area contributed by atoms with Crippen LogP contribution < -0.4 is 0 Å². The van der Waals surface area contributed by atoms with Gasteiger partial charge in [0.25, 0.3) is 0 Å². The molecule has 2 rings (SSSR count). The Morgan fingerprint density at radius 3 is 1.94 bits per heavy atom. The van der Waals surface area contributed by atoms with Gasteiger partial charge < -0.3 is 9.47 Å². The van der Waals surface area contributed by atoms with Crippen molar-refractivity contribution in [1.82, 2.24) is 0 Å². The molecule has 1 aliphatic rings. The average molecular weight is 293 g/mol. The van der Waals surface area contributed by atoms with Gasteiger partial charge >= 0.3 is 0 Å². The van der Waals surface area contributed by atoms with Crippen molar-refractivity contribution in [3.63, 3.8) is 0 Å². The van der Waals surface area contributed by atoms with E-state index in [0.717, 1.165) is 18.5 Å². The zero-order valence-electron chi connectivity index (χ0n) is 9.66. The van der Waals surface area contributed by atoms with Crippen LogP contribution in [0.5, 0.6) is 0 Å². The molecule has 0 radical (unpaired) electrons. The summed E-state index contributed by atoms with van der Waals surface area (Å²) in [6, 6.07) is 7.94. The molecule has 2 nitrogen and oxygen atoms in total. The van der Waals surface area contributed by atoms with Crippen molar-refractivity contribution in [1.29, 1.82) is 0 Å². The van der Waals surface area contributed by atoms with Crippen molar-refractivity contribution in [3.05, 3.63) is 36.1 Å². The Balaban J connectivity index is 0.000000244. The van der Waals surface area contributed by atoms with Gasteiger partial charge in [0.2, 0.25) is 0 Å². The number of benzene rings is 1. The molecule has 16 heavy (non-hydrogen) atoms. The van der Waals surface area contributed by atoms with E-state index in [4.69, 9.17) is 9.47 Å². The summed E-state index contributed by atoms with van der Waals surface area (Å²) >= 11 is 3.23. The van der Waals surface area contributed by atoms with Gasteiger partial charge in [0, 0.05) is 0 Å². The Kier molecular flexibility index (Phi) is 10.7. The largest absolute Gasteiger partial charge is 0.349 e. The molecule has 1 saturated heterocycles. The van der Waals surface area contributed by atoms with Gasteiger partial charge in [0.05, 0.1) is 18.5 Å². The molecule has 0 spiro atoms. The molecule has 1 aromatic rings. The minimum absolute atomic E-state index is 0.0139. The first-order valence-corrected chi connectivity index (χ1v) is 6.45. The molecule has 92 valence electrons. The summed E-state index contributed by atoms with van der Waals surface area (Å²) in [6.45, 7) is 5.49. The SMILES string of the molecule is BrCC1OCCO1.CC.Fc1ccccc1. The van der Waals surface area contributed by atoms with Gasteiger partial charge in [0.1, 0.15) is 5.82 Å². The molecule has 0 bridgehead atoms. The number of hydrogen-bond acceptors (Lipinski definition) is 2. The van der Waals surface area contributed by atoms with E-state index in [1.807, 2.05) is 13.8 Å². The molecule has 0 amide bonds. The fourth-order valence-electron chi connectivity index (χ4n) is 0.911. The van der Waals surface area contributed by atoms with Crippen LogP contribution >= 0.6 is 15.9 Å². The number of rotatable bonds is 1. The zero-order chi connectivity index (χ0) is 12.2. The molecule has 1 fully saturated rings. The smallest absolute Gasteiger partial charge is 0.167 e. The lowest BCUT2D eigenvalue weighted by Crippen LogP contribution is -2.07. The second kappa shape index (κ2) is 11.0. The maximum Gasteiger partial charge on any atom is 0.167 e. The lowest BCUT2D eigenvalue weighted by atomic mass is 10.4. The molecule has 0 atom stereocenters. The van der Waals surface area contributed by atoms with Crippen LogP contribution in [0.1, 0.15) is 13.8 Å². The summed E-state index contributed by atoms with van der Waals surface area (Å²) in [6.07, 6.45) is 0.0139. The number of halogens is 2. The monoisotopic (exact) mass is 292 g/mol. The topological polar surface area (TPSA) is 18.5 Å². The first-order valence-electron chi connectivity index (χ1n) is 5.32. The van der Waals surface area contributed by atoms with Crippen LogP contribution in [0.3, 0.4) is 0 Å². The van der Waals surface area contributed by atoms with E-state index in [2.05, 4.69) is 15.9 Å². The highest BCUT2D eigenvalue weighted by atomic mass is 79.9. The molecule has 0 saturated carbocycles. The molecule has 1 aromatic carbocycles. The predicted octanol–water partition coefficient (Wildman–Crippen LogP) is 3.61. The minimum Gasteiger partial charge on any atom is -0.349 e. The maximum absolute atomic E-state index is 11.9. The van der Waals surface area contributed by atoms with Crippen molar-refractivity contribution in [3.8, 4) is 0 Å². The van der Waals surface area contributed by atoms with Crippen molar-refractivity contribution < 1.29 is 13.9 Å². The summed E-state index contributed by atoms with van der Waals surface area (Å²) in [5.41, 5.74) is 0. The van der Waals surface area contributed by atoms with Crippen molar-refractivity contribution >= 4 is 15.9 Å². The third-order valence-electron chi connectivity index (χ3n) is 1.55. The Bertz CT molecular complexity index is 238. The van der Waals surface area contributed by atoms with Crippen molar-refractivity contribution in [2.45, 2.75) is 20.1 Å². The second-order valence-corrected chi connectivity index (χ2v) is 3.27. The fraction of sp³-hybridized carbons (Fsp3) is 0.500. The Labute approximate surface area is 105 Å². The molecule has 0 aliphatic carbocycles. The van der Waals surface area contributed by atoms with Crippen molar-refractivity contribution in [2.24, 2.45) is 0 Å². The normalized spacial score (nSPS) is 14.5. The molecular formula is C12H18BrFO2. The Morgan fingerprint density at radius 2 is 1.69 bits per heavy atom. The minimum atomic E-state index is -0.178.